The molecule has 4 heteroatoms. The Hall–Kier alpha value is -6.65. The molecule has 0 amide bonds. The topological polar surface area (TPSA) is 43.6 Å². The molecular weight excluding hydrogens is 621 g/mol. The summed E-state index contributed by atoms with van der Waals surface area (Å²) in [6.07, 6.45) is 6.16. The second-order valence-corrected chi connectivity index (χ2v) is 13.2. The number of fused-ring (bicyclic) bond motifs is 7. The van der Waals surface area contributed by atoms with Gasteiger partial charge in [-0.15, -0.1) is 0 Å². The fraction of sp³-hybridized carbons (Fsp3) is 0.0426. The van der Waals surface area contributed by atoms with E-state index in [2.05, 4.69) is 150 Å². The third kappa shape index (κ3) is 5.03. The summed E-state index contributed by atoms with van der Waals surface area (Å²) in [4.78, 5) is 15.1. The third-order valence-electron chi connectivity index (χ3n) is 10.2. The van der Waals surface area contributed by atoms with Gasteiger partial charge in [0.2, 0.25) is 0 Å². The Labute approximate surface area is 295 Å². The average Bonchev–Trinajstić information content (AvgIpc) is 3.57. The molecule has 0 saturated heterocycles. The lowest BCUT2D eigenvalue weighted by Crippen LogP contribution is -2.06. The van der Waals surface area contributed by atoms with Gasteiger partial charge in [0.05, 0.1) is 11.0 Å². The highest BCUT2D eigenvalue weighted by Gasteiger charge is 2.21. The Morgan fingerprint density at radius 3 is 1.41 bits per heavy atom. The van der Waals surface area contributed by atoms with E-state index >= 15 is 0 Å². The highest BCUT2D eigenvalue weighted by molar-refractivity contribution is 6.28. The van der Waals surface area contributed by atoms with Crippen molar-refractivity contribution in [2.45, 2.75) is 12.8 Å². The van der Waals surface area contributed by atoms with Crippen LogP contribution in [0.4, 0.5) is 0 Å². The van der Waals surface area contributed by atoms with Gasteiger partial charge in [0.15, 0.2) is 17.5 Å². The summed E-state index contributed by atoms with van der Waals surface area (Å²) in [7, 11) is 0. The van der Waals surface area contributed by atoms with Crippen molar-refractivity contribution in [2.75, 3.05) is 0 Å². The maximum absolute atomic E-state index is 5.08. The van der Waals surface area contributed by atoms with E-state index < -0.39 is 0 Å². The van der Waals surface area contributed by atoms with Crippen LogP contribution < -0.4 is 0 Å². The van der Waals surface area contributed by atoms with Crippen molar-refractivity contribution >= 4 is 54.6 Å². The largest absolute Gasteiger partial charge is 0.313 e. The molecule has 1 aliphatic rings. The van der Waals surface area contributed by atoms with Crippen LogP contribution in [0.15, 0.2) is 170 Å². The van der Waals surface area contributed by atoms with Crippen LogP contribution in [0.3, 0.4) is 0 Å². The lowest BCUT2D eigenvalue weighted by Gasteiger charge is -2.18. The van der Waals surface area contributed by atoms with E-state index in [1.807, 2.05) is 24.3 Å². The molecule has 0 spiro atoms. The van der Waals surface area contributed by atoms with E-state index in [4.69, 9.17) is 15.0 Å². The fourth-order valence-corrected chi connectivity index (χ4v) is 7.66. The first-order chi connectivity index (χ1) is 25.3. The standard InChI is InChI=1S/C47H32N4/c1-3-11-31(12-4-1)32-19-21-36(22-20-32)46-48-45(35-15-5-2-6-16-35)49-47(50-46)37-23-27-38(28-24-37)51-41-29-25-33-13-7-9-17-39(33)43(41)44-40-18-10-8-14-34(40)26-30-42(44)51/h1-23,25-27,29-30H,24,28H2. The fourth-order valence-electron chi connectivity index (χ4n) is 7.66. The monoisotopic (exact) mass is 652 g/mol. The Morgan fingerprint density at radius 1 is 0.373 bits per heavy atom. The molecule has 0 radical (unpaired) electrons. The zero-order valence-electron chi connectivity index (χ0n) is 27.9. The predicted octanol–water partition coefficient (Wildman–Crippen LogP) is 12.0. The van der Waals surface area contributed by atoms with Crippen molar-refractivity contribution in [1.29, 1.82) is 0 Å². The molecule has 0 bridgehead atoms. The number of rotatable bonds is 5. The number of nitrogens with zero attached hydrogens (tertiary/aromatic N) is 4. The Morgan fingerprint density at radius 2 is 0.843 bits per heavy atom. The van der Waals surface area contributed by atoms with Crippen LogP contribution in [0.5, 0.6) is 0 Å². The van der Waals surface area contributed by atoms with E-state index in [0.29, 0.717) is 11.6 Å². The van der Waals surface area contributed by atoms with Gasteiger partial charge in [0.25, 0.3) is 0 Å². The Bertz CT molecular complexity index is 2740. The first-order valence-electron chi connectivity index (χ1n) is 17.5. The second-order valence-electron chi connectivity index (χ2n) is 13.2. The normalized spacial score (nSPS) is 13.2. The minimum atomic E-state index is 0.676. The lowest BCUT2D eigenvalue weighted by molar-refractivity contribution is 0.954. The zero-order valence-corrected chi connectivity index (χ0v) is 27.9. The van der Waals surface area contributed by atoms with Crippen LogP contribution >= 0.6 is 0 Å². The Kier molecular flexibility index (Phi) is 6.91. The van der Waals surface area contributed by atoms with Crippen LogP contribution in [-0.2, 0) is 0 Å². The molecule has 0 saturated carbocycles. The van der Waals surface area contributed by atoms with E-state index in [0.717, 1.165) is 40.9 Å². The molecule has 0 unspecified atom stereocenters. The van der Waals surface area contributed by atoms with Gasteiger partial charge in [-0.1, -0.05) is 152 Å². The highest BCUT2D eigenvalue weighted by Crippen LogP contribution is 2.42. The van der Waals surface area contributed by atoms with Crippen molar-refractivity contribution in [3.8, 4) is 33.9 Å². The first kappa shape index (κ1) is 29.3. The molecule has 0 aliphatic heterocycles. The molecule has 2 heterocycles. The molecule has 51 heavy (non-hydrogen) atoms. The van der Waals surface area contributed by atoms with Crippen LogP contribution in [0, 0.1) is 0 Å². The molecular formula is C47H32N4. The van der Waals surface area contributed by atoms with E-state index in [9.17, 15) is 0 Å². The number of benzene rings is 7. The van der Waals surface area contributed by atoms with Gasteiger partial charge >= 0.3 is 0 Å². The molecule has 9 aromatic rings. The van der Waals surface area contributed by atoms with E-state index in [1.165, 1.54) is 54.6 Å². The molecule has 7 aromatic carbocycles. The quantitative estimate of drug-likeness (QED) is 0.186. The maximum atomic E-state index is 5.08. The van der Waals surface area contributed by atoms with Gasteiger partial charge in [0, 0.05) is 27.6 Å². The third-order valence-corrected chi connectivity index (χ3v) is 10.2. The van der Waals surface area contributed by atoms with E-state index in [-0.39, 0.29) is 0 Å². The predicted molar refractivity (Wildman–Crippen MR) is 212 cm³/mol. The Balaban J connectivity index is 1.11. The minimum Gasteiger partial charge on any atom is -0.313 e. The summed E-state index contributed by atoms with van der Waals surface area (Å²) in [5, 5.41) is 7.70. The van der Waals surface area contributed by atoms with Gasteiger partial charge in [-0.3, -0.25) is 0 Å². The van der Waals surface area contributed by atoms with Gasteiger partial charge in [-0.2, -0.15) is 0 Å². The summed E-state index contributed by atoms with van der Waals surface area (Å²) in [6, 6.07) is 55.7. The minimum absolute atomic E-state index is 0.676. The molecule has 0 fully saturated rings. The molecule has 240 valence electrons. The van der Waals surface area contributed by atoms with Gasteiger partial charge in [0.1, 0.15) is 0 Å². The molecule has 4 nitrogen and oxygen atoms in total. The van der Waals surface area contributed by atoms with Gasteiger partial charge in [-0.05, 0) is 69.3 Å². The smallest absolute Gasteiger partial charge is 0.164 e. The van der Waals surface area contributed by atoms with Crippen LogP contribution in [0.2, 0.25) is 0 Å². The van der Waals surface area contributed by atoms with Crippen LogP contribution in [0.25, 0.3) is 88.5 Å². The summed E-state index contributed by atoms with van der Waals surface area (Å²) in [6.45, 7) is 0. The van der Waals surface area contributed by atoms with Crippen molar-refractivity contribution in [2.24, 2.45) is 0 Å². The SMILES string of the molecule is C1=C(c2nc(-c3ccccc3)nc(-c3ccc(-c4ccccc4)cc3)n2)CCC(n2c3ccc4ccccc4c3c3c4ccccc4ccc32)=C1. The maximum Gasteiger partial charge on any atom is 0.164 e. The zero-order chi connectivity index (χ0) is 33.7. The van der Waals surface area contributed by atoms with Gasteiger partial charge < -0.3 is 4.57 Å². The molecule has 2 aromatic heterocycles. The van der Waals surface area contributed by atoms with Crippen molar-refractivity contribution < 1.29 is 0 Å². The molecule has 0 atom stereocenters. The molecule has 1 aliphatic carbocycles. The first-order valence-corrected chi connectivity index (χ1v) is 17.5. The van der Waals surface area contributed by atoms with Gasteiger partial charge in [-0.25, -0.2) is 15.0 Å². The number of allylic oxidation sites excluding steroid dienone is 4. The summed E-state index contributed by atoms with van der Waals surface area (Å²) in [5.74, 6) is 2.08. The highest BCUT2D eigenvalue weighted by atomic mass is 15.0. The average molecular weight is 653 g/mol. The lowest BCUT2D eigenvalue weighted by atomic mass is 10.00. The number of hydrogen-bond acceptors (Lipinski definition) is 3. The molecule has 10 rings (SSSR count). The van der Waals surface area contributed by atoms with Crippen LogP contribution in [0.1, 0.15) is 18.7 Å². The second kappa shape index (κ2) is 12.0. The van der Waals surface area contributed by atoms with E-state index in [1.54, 1.807) is 0 Å². The number of hydrogen-bond donors (Lipinski definition) is 0. The summed E-state index contributed by atoms with van der Waals surface area (Å²) < 4.78 is 2.47. The van der Waals surface area contributed by atoms with Crippen molar-refractivity contribution in [1.82, 2.24) is 19.5 Å². The van der Waals surface area contributed by atoms with Crippen molar-refractivity contribution in [3.05, 3.63) is 176 Å². The van der Waals surface area contributed by atoms with Crippen molar-refractivity contribution in [3.63, 3.8) is 0 Å². The summed E-state index contributed by atoms with van der Waals surface area (Å²) >= 11 is 0. The number of aromatic nitrogens is 4. The summed E-state index contributed by atoms with van der Waals surface area (Å²) in [5.41, 5.74) is 9.12. The van der Waals surface area contributed by atoms with Crippen LogP contribution in [-0.4, -0.2) is 19.5 Å². The molecule has 0 N–H and O–H groups in total.